The smallest absolute Gasteiger partial charge is 0.351 e. The number of nitrogens with one attached hydrogen (secondary N) is 2. The van der Waals surface area contributed by atoms with E-state index in [9.17, 15) is 18.0 Å². The minimum absolute atomic E-state index is 0.0605. The van der Waals surface area contributed by atoms with Gasteiger partial charge in [-0.2, -0.15) is 13.2 Å². The van der Waals surface area contributed by atoms with Gasteiger partial charge in [0.1, 0.15) is 0 Å². The Hall–Kier alpha value is -1.76. The molecule has 0 heterocycles. The van der Waals surface area contributed by atoms with Crippen molar-refractivity contribution in [3.63, 3.8) is 0 Å². The first kappa shape index (κ1) is 17.6. The number of hydrogen-bond donors (Lipinski definition) is 3. The van der Waals surface area contributed by atoms with E-state index in [1.807, 2.05) is 19.1 Å². The summed E-state index contributed by atoms with van der Waals surface area (Å²) in [5.41, 5.74) is 6.58. The Labute approximate surface area is 133 Å². The van der Waals surface area contributed by atoms with Crippen LogP contribution in [0.15, 0.2) is 24.3 Å². The number of halogens is 3. The van der Waals surface area contributed by atoms with Crippen LogP contribution in [0.2, 0.25) is 0 Å². The molecule has 7 heteroatoms. The average molecular weight is 329 g/mol. The van der Waals surface area contributed by atoms with E-state index in [1.54, 1.807) is 12.1 Å². The molecule has 0 aromatic heterocycles. The van der Waals surface area contributed by atoms with Crippen LogP contribution in [-0.2, 0) is 0 Å². The molecule has 0 saturated heterocycles. The summed E-state index contributed by atoms with van der Waals surface area (Å²) in [6, 6.07) is 6.27. The van der Waals surface area contributed by atoms with Gasteiger partial charge in [0.25, 0.3) is 0 Å². The third kappa shape index (κ3) is 5.13. The molecule has 1 saturated carbocycles. The molecule has 1 fully saturated rings. The van der Waals surface area contributed by atoms with Crippen molar-refractivity contribution in [3.05, 3.63) is 29.8 Å². The maximum Gasteiger partial charge on any atom is 0.391 e. The maximum absolute atomic E-state index is 12.9. The highest BCUT2D eigenvalue weighted by Gasteiger charge is 2.42. The van der Waals surface area contributed by atoms with Crippen LogP contribution < -0.4 is 16.4 Å². The van der Waals surface area contributed by atoms with Crippen LogP contribution in [0.3, 0.4) is 0 Å². The van der Waals surface area contributed by atoms with E-state index < -0.39 is 18.1 Å². The molecule has 23 heavy (non-hydrogen) atoms. The molecular formula is C16H22F3N3O. The normalized spacial score (nSPS) is 23.3. The van der Waals surface area contributed by atoms with Crippen molar-refractivity contribution < 1.29 is 18.0 Å². The molecule has 1 aromatic rings. The average Bonchev–Trinajstić information content (AvgIpc) is 2.46. The molecule has 0 radical (unpaired) electrons. The van der Waals surface area contributed by atoms with Crippen molar-refractivity contribution in [1.82, 2.24) is 5.32 Å². The van der Waals surface area contributed by atoms with Crippen molar-refractivity contribution in [3.8, 4) is 0 Å². The highest BCUT2D eigenvalue weighted by atomic mass is 19.4. The Bertz CT molecular complexity index is 530. The number of carbonyl (C=O) groups excluding carboxylic acids is 1. The Kier molecular flexibility index (Phi) is 5.51. The lowest BCUT2D eigenvalue weighted by atomic mass is 9.85. The summed E-state index contributed by atoms with van der Waals surface area (Å²) < 4.78 is 38.6. The van der Waals surface area contributed by atoms with Crippen molar-refractivity contribution in [2.45, 2.75) is 50.9 Å². The van der Waals surface area contributed by atoms with Gasteiger partial charge >= 0.3 is 12.2 Å². The van der Waals surface area contributed by atoms with E-state index in [-0.39, 0.29) is 24.9 Å². The second kappa shape index (κ2) is 7.21. The zero-order valence-electron chi connectivity index (χ0n) is 13.0. The second-order valence-corrected chi connectivity index (χ2v) is 6.10. The van der Waals surface area contributed by atoms with Crippen molar-refractivity contribution in [2.24, 2.45) is 11.7 Å². The number of hydrogen-bond acceptors (Lipinski definition) is 2. The van der Waals surface area contributed by atoms with Crippen LogP contribution >= 0.6 is 0 Å². The molecule has 2 amide bonds. The molecule has 2 rings (SSSR count). The molecule has 1 aromatic carbocycles. The third-order valence-corrected chi connectivity index (χ3v) is 4.30. The van der Waals surface area contributed by atoms with Crippen LogP contribution in [0.25, 0.3) is 0 Å². The summed E-state index contributed by atoms with van der Waals surface area (Å²) in [7, 11) is 0. The number of primary amides is 1. The van der Waals surface area contributed by atoms with Gasteiger partial charge in [0.2, 0.25) is 0 Å². The molecule has 0 bridgehead atoms. The van der Waals surface area contributed by atoms with Gasteiger partial charge in [-0.1, -0.05) is 18.6 Å². The lowest BCUT2D eigenvalue weighted by Crippen LogP contribution is -2.39. The van der Waals surface area contributed by atoms with E-state index in [1.165, 1.54) is 0 Å². The van der Waals surface area contributed by atoms with E-state index in [0.717, 1.165) is 12.0 Å². The Morgan fingerprint density at radius 3 is 2.48 bits per heavy atom. The predicted molar refractivity (Wildman–Crippen MR) is 83.0 cm³/mol. The number of carbonyl (C=O) groups is 1. The van der Waals surface area contributed by atoms with Gasteiger partial charge in [-0.05, 0) is 43.9 Å². The topological polar surface area (TPSA) is 67.2 Å². The van der Waals surface area contributed by atoms with Crippen LogP contribution in [0.4, 0.5) is 23.7 Å². The fraction of sp³-hybridized carbons (Fsp3) is 0.562. The second-order valence-electron chi connectivity index (χ2n) is 6.10. The van der Waals surface area contributed by atoms with E-state index in [2.05, 4.69) is 10.6 Å². The molecule has 128 valence electrons. The van der Waals surface area contributed by atoms with Crippen molar-refractivity contribution >= 4 is 11.7 Å². The SMILES string of the molecule is CC(NC1CCCC(C(F)(F)F)C1)c1ccc(NC(N)=O)cc1. The number of alkyl halides is 3. The summed E-state index contributed by atoms with van der Waals surface area (Å²) >= 11 is 0. The summed E-state index contributed by atoms with van der Waals surface area (Å²) in [4.78, 5) is 10.8. The molecule has 3 unspecified atom stereocenters. The van der Waals surface area contributed by atoms with Crippen molar-refractivity contribution in [1.29, 1.82) is 0 Å². The fourth-order valence-corrected chi connectivity index (χ4v) is 3.09. The van der Waals surface area contributed by atoms with Gasteiger partial charge in [0.15, 0.2) is 0 Å². The molecule has 0 spiro atoms. The number of benzene rings is 1. The summed E-state index contributed by atoms with van der Waals surface area (Å²) in [5.74, 6) is -1.21. The first-order valence-corrected chi connectivity index (χ1v) is 7.75. The standard InChI is InChI=1S/C16H22F3N3O/c1-10(11-5-7-13(8-6-11)22-15(20)23)21-14-4-2-3-12(9-14)16(17,18)19/h5-8,10,12,14,21H,2-4,9H2,1H3,(H3,20,22,23). The fourth-order valence-electron chi connectivity index (χ4n) is 3.09. The molecule has 1 aliphatic rings. The predicted octanol–water partition coefficient (Wildman–Crippen LogP) is 3.95. The van der Waals surface area contributed by atoms with Crippen LogP contribution in [0, 0.1) is 5.92 Å². The van der Waals surface area contributed by atoms with Gasteiger partial charge in [-0.15, -0.1) is 0 Å². The van der Waals surface area contributed by atoms with Crippen LogP contribution in [0.1, 0.15) is 44.2 Å². The van der Waals surface area contributed by atoms with Gasteiger partial charge in [0.05, 0.1) is 5.92 Å². The van der Waals surface area contributed by atoms with E-state index in [4.69, 9.17) is 5.73 Å². The number of nitrogens with two attached hydrogens (primary N) is 1. The number of urea groups is 1. The summed E-state index contributed by atoms with van der Waals surface area (Å²) in [5, 5.41) is 5.75. The molecule has 4 N–H and O–H groups in total. The number of anilines is 1. The Morgan fingerprint density at radius 2 is 1.91 bits per heavy atom. The lowest BCUT2D eigenvalue weighted by molar-refractivity contribution is -0.183. The number of amides is 2. The zero-order chi connectivity index (χ0) is 17.0. The first-order chi connectivity index (χ1) is 10.8. The largest absolute Gasteiger partial charge is 0.391 e. The van der Waals surface area contributed by atoms with E-state index >= 15 is 0 Å². The lowest BCUT2D eigenvalue weighted by Gasteiger charge is -2.33. The molecule has 3 atom stereocenters. The molecular weight excluding hydrogens is 307 g/mol. The van der Waals surface area contributed by atoms with E-state index in [0.29, 0.717) is 12.1 Å². The van der Waals surface area contributed by atoms with Gasteiger partial charge in [-0.3, -0.25) is 0 Å². The minimum Gasteiger partial charge on any atom is -0.351 e. The zero-order valence-corrected chi connectivity index (χ0v) is 13.0. The van der Waals surface area contributed by atoms with Crippen molar-refractivity contribution in [2.75, 3.05) is 5.32 Å². The Balaban J connectivity index is 1.93. The maximum atomic E-state index is 12.9. The molecule has 4 nitrogen and oxygen atoms in total. The third-order valence-electron chi connectivity index (χ3n) is 4.30. The Morgan fingerprint density at radius 1 is 1.26 bits per heavy atom. The molecule has 1 aliphatic carbocycles. The summed E-state index contributed by atoms with van der Waals surface area (Å²) in [6.45, 7) is 1.92. The highest BCUT2D eigenvalue weighted by Crippen LogP contribution is 2.38. The first-order valence-electron chi connectivity index (χ1n) is 7.75. The number of rotatable bonds is 4. The van der Waals surface area contributed by atoms with Gasteiger partial charge in [0, 0.05) is 17.8 Å². The quantitative estimate of drug-likeness (QED) is 0.783. The van der Waals surface area contributed by atoms with Gasteiger partial charge in [-0.25, -0.2) is 4.79 Å². The van der Waals surface area contributed by atoms with Crippen LogP contribution in [0.5, 0.6) is 0 Å². The highest BCUT2D eigenvalue weighted by molar-refractivity contribution is 5.87. The minimum atomic E-state index is -4.11. The molecule has 0 aliphatic heterocycles. The van der Waals surface area contributed by atoms with Crippen LogP contribution in [-0.4, -0.2) is 18.2 Å². The summed E-state index contributed by atoms with van der Waals surface area (Å²) in [6.07, 6.45) is -2.39. The monoisotopic (exact) mass is 329 g/mol. The van der Waals surface area contributed by atoms with Gasteiger partial charge < -0.3 is 16.4 Å².